The lowest BCUT2D eigenvalue weighted by atomic mass is 10.0. The van der Waals surface area contributed by atoms with Crippen molar-refractivity contribution in [2.24, 2.45) is 5.73 Å². The Bertz CT molecular complexity index is 604. The third-order valence-electron chi connectivity index (χ3n) is 3.42. The van der Waals surface area contributed by atoms with E-state index in [0.29, 0.717) is 11.6 Å². The SMILES string of the molecule is CCN(c1ccc(F)cc1)C(CN)c1cc(Cl)ccc1Br. The second kappa shape index (κ2) is 7.25. The smallest absolute Gasteiger partial charge is 0.123 e. The van der Waals surface area contributed by atoms with Gasteiger partial charge in [0.1, 0.15) is 5.82 Å². The van der Waals surface area contributed by atoms with Gasteiger partial charge in [0, 0.05) is 28.3 Å². The van der Waals surface area contributed by atoms with Gasteiger partial charge in [-0.15, -0.1) is 0 Å². The van der Waals surface area contributed by atoms with E-state index in [-0.39, 0.29) is 11.9 Å². The second-order valence-corrected chi connectivity index (χ2v) is 5.97. The highest BCUT2D eigenvalue weighted by Gasteiger charge is 2.21. The van der Waals surface area contributed by atoms with E-state index in [4.69, 9.17) is 17.3 Å². The summed E-state index contributed by atoms with van der Waals surface area (Å²) in [4.78, 5) is 2.13. The zero-order chi connectivity index (χ0) is 15.4. The lowest BCUT2D eigenvalue weighted by molar-refractivity contribution is 0.622. The number of nitrogens with zero attached hydrogens (tertiary/aromatic N) is 1. The van der Waals surface area contributed by atoms with Crippen molar-refractivity contribution in [1.29, 1.82) is 0 Å². The van der Waals surface area contributed by atoms with Crippen molar-refractivity contribution in [3.8, 4) is 0 Å². The molecule has 2 nitrogen and oxygen atoms in total. The Labute approximate surface area is 137 Å². The van der Waals surface area contributed by atoms with Crippen LogP contribution in [0, 0.1) is 5.82 Å². The molecule has 21 heavy (non-hydrogen) atoms. The maximum atomic E-state index is 13.1. The van der Waals surface area contributed by atoms with Gasteiger partial charge in [-0.05, 0) is 55.0 Å². The van der Waals surface area contributed by atoms with Gasteiger partial charge in [-0.3, -0.25) is 0 Å². The van der Waals surface area contributed by atoms with Crippen molar-refractivity contribution in [1.82, 2.24) is 0 Å². The summed E-state index contributed by atoms with van der Waals surface area (Å²) in [5.74, 6) is -0.247. The highest BCUT2D eigenvalue weighted by atomic mass is 79.9. The molecule has 1 atom stereocenters. The number of hydrogen-bond donors (Lipinski definition) is 1. The van der Waals surface area contributed by atoms with Crippen molar-refractivity contribution < 1.29 is 4.39 Å². The minimum atomic E-state index is -0.247. The average molecular weight is 372 g/mol. The summed E-state index contributed by atoms with van der Waals surface area (Å²) in [5, 5.41) is 0.668. The number of hydrogen-bond acceptors (Lipinski definition) is 2. The molecule has 112 valence electrons. The van der Waals surface area contributed by atoms with Crippen molar-refractivity contribution in [3.63, 3.8) is 0 Å². The first-order chi connectivity index (χ1) is 10.1. The maximum Gasteiger partial charge on any atom is 0.123 e. The topological polar surface area (TPSA) is 29.3 Å². The molecule has 0 aliphatic rings. The zero-order valence-electron chi connectivity index (χ0n) is 11.7. The van der Waals surface area contributed by atoms with Crippen molar-refractivity contribution >= 4 is 33.2 Å². The Kier molecular flexibility index (Phi) is 5.62. The number of rotatable bonds is 5. The van der Waals surface area contributed by atoms with E-state index in [9.17, 15) is 4.39 Å². The molecule has 0 heterocycles. The van der Waals surface area contributed by atoms with E-state index in [0.717, 1.165) is 22.3 Å². The van der Waals surface area contributed by atoms with E-state index in [2.05, 4.69) is 20.8 Å². The minimum absolute atomic E-state index is 0.0338. The highest BCUT2D eigenvalue weighted by Crippen LogP contribution is 2.32. The van der Waals surface area contributed by atoms with Crippen molar-refractivity contribution in [2.75, 3.05) is 18.0 Å². The molecule has 0 fully saturated rings. The van der Waals surface area contributed by atoms with Crippen LogP contribution in [0.5, 0.6) is 0 Å². The normalized spacial score (nSPS) is 12.2. The van der Waals surface area contributed by atoms with Crippen LogP contribution in [-0.4, -0.2) is 13.1 Å². The predicted octanol–water partition coefficient (Wildman–Crippen LogP) is 4.77. The number of likely N-dealkylation sites (N-methyl/N-ethyl adjacent to an activating group) is 1. The molecule has 0 aliphatic carbocycles. The van der Waals surface area contributed by atoms with E-state index < -0.39 is 0 Å². The van der Waals surface area contributed by atoms with Gasteiger partial charge >= 0.3 is 0 Å². The van der Waals surface area contributed by atoms with Crippen molar-refractivity contribution in [3.05, 3.63) is 63.3 Å². The second-order valence-electron chi connectivity index (χ2n) is 4.68. The first-order valence-electron chi connectivity index (χ1n) is 6.74. The lowest BCUT2D eigenvalue weighted by Gasteiger charge is -2.33. The van der Waals surface area contributed by atoms with Crippen LogP contribution in [0.25, 0.3) is 0 Å². The van der Waals surface area contributed by atoms with Crippen LogP contribution >= 0.6 is 27.5 Å². The summed E-state index contributed by atoms with van der Waals surface area (Å²) in [6, 6.07) is 12.1. The third-order valence-corrected chi connectivity index (χ3v) is 4.37. The van der Waals surface area contributed by atoms with Crippen LogP contribution in [0.3, 0.4) is 0 Å². The van der Waals surface area contributed by atoms with Gasteiger partial charge in [-0.25, -0.2) is 4.39 Å². The van der Waals surface area contributed by atoms with E-state index in [1.165, 1.54) is 12.1 Å². The van der Waals surface area contributed by atoms with Crippen molar-refractivity contribution in [2.45, 2.75) is 13.0 Å². The highest BCUT2D eigenvalue weighted by molar-refractivity contribution is 9.10. The molecule has 0 saturated carbocycles. The molecule has 1 unspecified atom stereocenters. The van der Waals surface area contributed by atoms with E-state index in [1.54, 1.807) is 12.1 Å². The van der Waals surface area contributed by atoms with Crippen LogP contribution in [0.2, 0.25) is 5.02 Å². The zero-order valence-corrected chi connectivity index (χ0v) is 14.0. The predicted molar refractivity (Wildman–Crippen MR) is 90.4 cm³/mol. The molecule has 0 amide bonds. The lowest BCUT2D eigenvalue weighted by Crippen LogP contribution is -2.34. The fraction of sp³-hybridized carbons (Fsp3) is 0.250. The van der Waals surface area contributed by atoms with Gasteiger partial charge in [0.05, 0.1) is 6.04 Å². The molecular formula is C16H17BrClFN2. The largest absolute Gasteiger partial charge is 0.363 e. The summed E-state index contributed by atoms with van der Waals surface area (Å²) < 4.78 is 14.1. The van der Waals surface area contributed by atoms with Crippen LogP contribution in [0.15, 0.2) is 46.9 Å². The van der Waals surface area contributed by atoms with Gasteiger partial charge in [0.25, 0.3) is 0 Å². The van der Waals surface area contributed by atoms with Crippen LogP contribution in [0.4, 0.5) is 10.1 Å². The Morgan fingerprint density at radius 3 is 2.48 bits per heavy atom. The Balaban J connectivity index is 2.42. The Morgan fingerprint density at radius 2 is 1.90 bits per heavy atom. The number of benzene rings is 2. The molecule has 0 aromatic heterocycles. The molecule has 0 saturated heterocycles. The average Bonchev–Trinajstić information content (AvgIpc) is 2.49. The van der Waals surface area contributed by atoms with Gasteiger partial charge in [0.2, 0.25) is 0 Å². The minimum Gasteiger partial charge on any atom is -0.363 e. The van der Waals surface area contributed by atoms with Gasteiger partial charge < -0.3 is 10.6 Å². The van der Waals surface area contributed by atoms with E-state index in [1.807, 2.05) is 25.1 Å². The van der Waals surface area contributed by atoms with Crippen LogP contribution < -0.4 is 10.6 Å². The molecule has 0 bridgehead atoms. The van der Waals surface area contributed by atoms with E-state index >= 15 is 0 Å². The third kappa shape index (κ3) is 3.76. The summed E-state index contributed by atoms with van der Waals surface area (Å²) >= 11 is 9.66. The molecule has 2 N–H and O–H groups in total. The fourth-order valence-electron chi connectivity index (χ4n) is 2.41. The fourth-order valence-corrected chi connectivity index (χ4v) is 3.10. The first-order valence-corrected chi connectivity index (χ1v) is 7.91. The number of halogens is 3. The first kappa shape index (κ1) is 16.3. The summed E-state index contributed by atoms with van der Waals surface area (Å²) in [5.41, 5.74) is 7.94. The number of nitrogens with two attached hydrogens (primary N) is 1. The quantitative estimate of drug-likeness (QED) is 0.820. The molecule has 0 aliphatic heterocycles. The number of anilines is 1. The Morgan fingerprint density at radius 1 is 1.24 bits per heavy atom. The molecule has 2 aromatic carbocycles. The van der Waals surface area contributed by atoms with Gasteiger partial charge in [-0.1, -0.05) is 27.5 Å². The van der Waals surface area contributed by atoms with Gasteiger partial charge in [-0.2, -0.15) is 0 Å². The van der Waals surface area contributed by atoms with Crippen LogP contribution in [-0.2, 0) is 0 Å². The molecule has 0 spiro atoms. The molecule has 5 heteroatoms. The molecule has 0 radical (unpaired) electrons. The molecule has 2 rings (SSSR count). The Hall–Kier alpha value is -1.10. The van der Waals surface area contributed by atoms with Crippen LogP contribution in [0.1, 0.15) is 18.5 Å². The molecule has 2 aromatic rings. The summed E-state index contributed by atoms with van der Waals surface area (Å²) in [7, 11) is 0. The standard InChI is InChI=1S/C16H17BrClFN2/c1-2-21(13-6-4-12(19)5-7-13)16(10-20)14-9-11(18)3-8-15(14)17/h3-9,16H,2,10,20H2,1H3. The summed E-state index contributed by atoms with van der Waals surface area (Å²) in [6.45, 7) is 3.24. The monoisotopic (exact) mass is 370 g/mol. The summed E-state index contributed by atoms with van der Waals surface area (Å²) in [6.07, 6.45) is 0. The molecular weight excluding hydrogens is 355 g/mol. The van der Waals surface area contributed by atoms with Gasteiger partial charge in [0.15, 0.2) is 0 Å². The maximum absolute atomic E-state index is 13.1.